The Balaban J connectivity index is 2.65. The third-order valence-corrected chi connectivity index (χ3v) is 3.49. The van der Waals surface area contributed by atoms with Gasteiger partial charge in [0.05, 0.1) is 0 Å². The predicted octanol–water partition coefficient (Wildman–Crippen LogP) is 4.41. The fourth-order valence-electron chi connectivity index (χ4n) is 2.15. The van der Waals surface area contributed by atoms with E-state index >= 15 is 0 Å². The molecule has 1 nitrogen and oxygen atoms in total. The number of benzene rings is 2. The fourth-order valence-corrected chi connectivity index (χ4v) is 2.70. The molecule has 0 aromatic heterocycles. The van der Waals surface area contributed by atoms with E-state index in [1.54, 1.807) is 6.20 Å². The molecule has 0 aliphatic rings. The molecule has 0 unspecified atom stereocenters. The lowest BCUT2D eigenvalue weighted by molar-refractivity contribution is 1.24. The van der Waals surface area contributed by atoms with Gasteiger partial charge < -0.3 is 5.32 Å². The summed E-state index contributed by atoms with van der Waals surface area (Å²) >= 11 is 1.83. The van der Waals surface area contributed by atoms with Crippen LogP contribution in [0.3, 0.4) is 0 Å². The lowest BCUT2D eigenvalue weighted by atomic mass is 9.98. The number of fused-ring (bicyclic) bond motifs is 1. The summed E-state index contributed by atoms with van der Waals surface area (Å²) in [4.78, 5) is 0. The molecule has 0 saturated carbocycles. The Labute approximate surface area is 113 Å². The third-order valence-electron chi connectivity index (χ3n) is 2.89. The molecule has 0 heterocycles. The molecule has 92 valence electrons. The Morgan fingerprint density at radius 2 is 2.00 bits per heavy atom. The summed E-state index contributed by atoms with van der Waals surface area (Å²) in [5.74, 6) is 1.01. The van der Waals surface area contributed by atoms with Gasteiger partial charge in [0.2, 0.25) is 0 Å². The maximum atomic E-state index is 4.08. The van der Waals surface area contributed by atoms with E-state index in [9.17, 15) is 0 Å². The van der Waals surface area contributed by atoms with Crippen LogP contribution in [0.15, 0.2) is 55.8 Å². The van der Waals surface area contributed by atoms with Gasteiger partial charge in [0.1, 0.15) is 0 Å². The minimum Gasteiger partial charge on any atom is -0.362 e. The molecule has 0 radical (unpaired) electrons. The van der Waals surface area contributed by atoms with E-state index < -0.39 is 0 Å². The van der Waals surface area contributed by atoms with Crippen molar-refractivity contribution in [3.63, 3.8) is 0 Å². The van der Waals surface area contributed by atoms with Crippen LogP contribution in [0.4, 0.5) is 0 Å². The van der Waals surface area contributed by atoms with Crippen molar-refractivity contribution in [3.05, 3.63) is 66.9 Å². The van der Waals surface area contributed by atoms with Crippen LogP contribution >= 0.6 is 11.8 Å². The molecule has 0 bridgehead atoms. The second-order valence-electron chi connectivity index (χ2n) is 4.08. The largest absolute Gasteiger partial charge is 0.362 e. The summed E-state index contributed by atoms with van der Waals surface area (Å²) in [6.45, 7) is 7.77. The van der Waals surface area contributed by atoms with Crippen LogP contribution in [-0.2, 0) is 5.75 Å². The van der Waals surface area contributed by atoms with Crippen molar-refractivity contribution in [2.75, 3.05) is 6.26 Å². The van der Waals surface area contributed by atoms with E-state index in [0.717, 1.165) is 17.0 Å². The zero-order valence-electron chi connectivity index (χ0n) is 10.6. The zero-order valence-corrected chi connectivity index (χ0v) is 11.4. The summed E-state index contributed by atoms with van der Waals surface area (Å²) in [7, 11) is 0. The quantitative estimate of drug-likeness (QED) is 0.849. The summed E-state index contributed by atoms with van der Waals surface area (Å²) in [5.41, 5.74) is 3.39. The molecule has 0 amide bonds. The predicted molar refractivity (Wildman–Crippen MR) is 83.5 cm³/mol. The third kappa shape index (κ3) is 2.44. The summed E-state index contributed by atoms with van der Waals surface area (Å²) in [6.07, 6.45) is 3.79. The van der Waals surface area contributed by atoms with Crippen LogP contribution < -0.4 is 5.32 Å². The second-order valence-corrected chi connectivity index (χ2v) is 4.95. The highest BCUT2D eigenvalue weighted by molar-refractivity contribution is 7.97. The van der Waals surface area contributed by atoms with E-state index in [4.69, 9.17) is 0 Å². The van der Waals surface area contributed by atoms with E-state index in [-0.39, 0.29) is 0 Å². The van der Waals surface area contributed by atoms with E-state index in [1.807, 2.05) is 11.8 Å². The normalized spacial score (nSPS) is 10.3. The van der Waals surface area contributed by atoms with Crippen molar-refractivity contribution in [1.82, 2.24) is 5.32 Å². The van der Waals surface area contributed by atoms with Crippen LogP contribution in [-0.4, -0.2) is 6.26 Å². The van der Waals surface area contributed by atoms with Gasteiger partial charge >= 0.3 is 0 Å². The Hall–Kier alpha value is -1.67. The first kappa shape index (κ1) is 12.8. The SMILES string of the molecule is C=CNC(=C)c1cccc2cccc(CSC)c12. The second kappa shape index (κ2) is 5.78. The molecule has 0 fully saturated rings. The lowest BCUT2D eigenvalue weighted by Crippen LogP contribution is -2.02. The van der Waals surface area contributed by atoms with Gasteiger partial charge in [-0.15, -0.1) is 0 Å². The van der Waals surface area contributed by atoms with Crippen molar-refractivity contribution in [2.24, 2.45) is 0 Å². The monoisotopic (exact) mass is 255 g/mol. The van der Waals surface area contributed by atoms with E-state index in [2.05, 4.69) is 61.1 Å². The maximum Gasteiger partial charge on any atom is 0.0386 e. The van der Waals surface area contributed by atoms with Gasteiger partial charge in [0, 0.05) is 17.0 Å². The molecule has 0 aliphatic carbocycles. The average molecular weight is 255 g/mol. The molecule has 1 N–H and O–H groups in total. The number of hydrogen-bond acceptors (Lipinski definition) is 2. The first-order valence-corrected chi connectivity index (χ1v) is 7.23. The van der Waals surface area contributed by atoms with Crippen LogP contribution in [0.5, 0.6) is 0 Å². The van der Waals surface area contributed by atoms with Gasteiger partial charge in [0.25, 0.3) is 0 Å². The van der Waals surface area contributed by atoms with Crippen molar-refractivity contribution >= 4 is 28.2 Å². The Kier molecular flexibility index (Phi) is 4.11. The lowest BCUT2D eigenvalue weighted by Gasteiger charge is -2.13. The van der Waals surface area contributed by atoms with Gasteiger partial charge in [-0.05, 0) is 28.8 Å². The Bertz CT molecular complexity index is 581. The topological polar surface area (TPSA) is 12.0 Å². The first-order chi connectivity index (χ1) is 8.77. The van der Waals surface area contributed by atoms with Crippen molar-refractivity contribution in [1.29, 1.82) is 0 Å². The van der Waals surface area contributed by atoms with Gasteiger partial charge in [-0.1, -0.05) is 49.6 Å². The Morgan fingerprint density at radius 1 is 1.28 bits per heavy atom. The van der Waals surface area contributed by atoms with E-state index in [1.165, 1.54) is 16.3 Å². The molecular formula is C16H17NS. The first-order valence-electron chi connectivity index (χ1n) is 5.84. The standard InChI is InChI=1S/C16H17NS/c1-4-17-12(2)15-10-6-8-13-7-5-9-14(11-18-3)16(13)15/h4-10,17H,1-2,11H2,3H3. The smallest absolute Gasteiger partial charge is 0.0386 e. The molecule has 0 saturated heterocycles. The number of nitrogens with one attached hydrogen (secondary N) is 1. The van der Waals surface area contributed by atoms with Crippen molar-refractivity contribution in [2.45, 2.75) is 5.75 Å². The van der Waals surface area contributed by atoms with Crippen LogP contribution in [0.1, 0.15) is 11.1 Å². The van der Waals surface area contributed by atoms with Gasteiger partial charge in [-0.25, -0.2) is 0 Å². The van der Waals surface area contributed by atoms with Crippen LogP contribution in [0.2, 0.25) is 0 Å². The molecule has 0 aliphatic heterocycles. The number of rotatable bonds is 5. The summed E-state index contributed by atoms with van der Waals surface area (Å²) < 4.78 is 0. The maximum absolute atomic E-state index is 4.08. The van der Waals surface area contributed by atoms with Crippen molar-refractivity contribution in [3.8, 4) is 0 Å². The molecule has 18 heavy (non-hydrogen) atoms. The molecular weight excluding hydrogens is 238 g/mol. The number of thioether (sulfide) groups is 1. The highest BCUT2D eigenvalue weighted by Crippen LogP contribution is 2.28. The minimum absolute atomic E-state index is 0.893. The van der Waals surface area contributed by atoms with E-state index in [0.29, 0.717) is 0 Å². The minimum atomic E-state index is 0.893. The molecule has 2 rings (SSSR count). The highest BCUT2D eigenvalue weighted by atomic mass is 32.2. The Morgan fingerprint density at radius 3 is 2.67 bits per heavy atom. The van der Waals surface area contributed by atoms with Crippen LogP contribution in [0.25, 0.3) is 16.5 Å². The summed E-state index contributed by atoms with van der Waals surface area (Å²) in [6, 6.07) is 12.8. The fraction of sp³-hybridized carbons (Fsp3) is 0.125. The molecule has 2 aromatic rings. The van der Waals surface area contributed by atoms with Crippen LogP contribution in [0, 0.1) is 0 Å². The highest BCUT2D eigenvalue weighted by Gasteiger charge is 2.07. The van der Waals surface area contributed by atoms with Gasteiger partial charge in [-0.2, -0.15) is 11.8 Å². The molecule has 2 aromatic carbocycles. The summed E-state index contributed by atoms with van der Waals surface area (Å²) in [5, 5.41) is 5.63. The molecule has 0 spiro atoms. The molecule has 0 atom stereocenters. The van der Waals surface area contributed by atoms with Gasteiger partial charge in [0.15, 0.2) is 0 Å². The van der Waals surface area contributed by atoms with Crippen molar-refractivity contribution < 1.29 is 0 Å². The zero-order chi connectivity index (χ0) is 13.0. The number of hydrogen-bond donors (Lipinski definition) is 1. The van der Waals surface area contributed by atoms with Gasteiger partial charge in [-0.3, -0.25) is 0 Å². The molecule has 2 heteroatoms. The average Bonchev–Trinajstić information content (AvgIpc) is 2.39.